The number of ether oxygens (including phenoxy) is 1. The Balaban J connectivity index is 1.61. The molecule has 26 heavy (non-hydrogen) atoms. The summed E-state index contributed by atoms with van der Waals surface area (Å²) >= 11 is 1.40. The maximum absolute atomic E-state index is 13.0. The van der Waals surface area contributed by atoms with E-state index in [1.807, 2.05) is 32.0 Å². The van der Waals surface area contributed by atoms with Crippen molar-refractivity contribution in [1.29, 1.82) is 0 Å². The number of hydrogen-bond donors (Lipinski definition) is 2. The van der Waals surface area contributed by atoms with Crippen molar-refractivity contribution in [3.63, 3.8) is 0 Å². The normalized spacial score (nSPS) is 34.5. The van der Waals surface area contributed by atoms with Gasteiger partial charge in [-0.25, -0.2) is 4.79 Å². The van der Waals surface area contributed by atoms with Gasteiger partial charge in [0.05, 0.1) is 5.92 Å². The van der Waals surface area contributed by atoms with Crippen LogP contribution in [0.15, 0.2) is 30.3 Å². The molecule has 1 spiro atoms. The molecule has 1 aromatic carbocycles. The molecule has 3 aliphatic heterocycles. The van der Waals surface area contributed by atoms with Gasteiger partial charge in [-0.05, 0) is 32.4 Å². The van der Waals surface area contributed by atoms with E-state index in [1.54, 1.807) is 12.1 Å². The van der Waals surface area contributed by atoms with Crippen LogP contribution in [-0.2, 0) is 19.1 Å². The van der Waals surface area contributed by atoms with Gasteiger partial charge in [-0.2, -0.15) is 0 Å². The van der Waals surface area contributed by atoms with E-state index in [2.05, 4.69) is 5.32 Å². The molecule has 4 atom stereocenters. The average molecular weight is 376 g/mol. The standard InChI is InChI=1S/C18H20N2O5S/c1-17(2)12(14(22)23)20-15(24)18(16(20)26-17)11(8-9-25-18)13(21)19-10-6-4-3-5-7-10/h3-7,11-12,16H,8-9H2,1-2H3,(H,19,21)(H,22,23)/t11-,12-,16+,18-/m0/s1. The molecule has 3 fully saturated rings. The fourth-order valence-electron chi connectivity index (χ4n) is 4.25. The number of carboxylic acids is 1. The molecule has 8 heteroatoms. The molecular weight excluding hydrogens is 356 g/mol. The monoisotopic (exact) mass is 376 g/mol. The van der Waals surface area contributed by atoms with Gasteiger partial charge in [0.1, 0.15) is 11.4 Å². The zero-order valence-corrected chi connectivity index (χ0v) is 15.3. The fourth-order valence-corrected chi connectivity index (χ4v) is 6.00. The molecule has 0 bridgehead atoms. The van der Waals surface area contributed by atoms with Crippen LogP contribution in [0.3, 0.4) is 0 Å². The molecule has 0 unspecified atom stereocenters. The van der Waals surface area contributed by atoms with E-state index < -0.39 is 39.6 Å². The van der Waals surface area contributed by atoms with Crippen LogP contribution in [0, 0.1) is 5.92 Å². The first-order valence-corrected chi connectivity index (χ1v) is 9.40. The Morgan fingerprint density at radius 3 is 2.65 bits per heavy atom. The van der Waals surface area contributed by atoms with Crippen LogP contribution < -0.4 is 5.32 Å². The van der Waals surface area contributed by atoms with Gasteiger partial charge >= 0.3 is 5.97 Å². The lowest BCUT2D eigenvalue weighted by molar-refractivity contribution is -0.196. The minimum atomic E-state index is -1.26. The van der Waals surface area contributed by atoms with Crippen molar-refractivity contribution in [2.75, 3.05) is 11.9 Å². The lowest BCUT2D eigenvalue weighted by atomic mass is 9.77. The maximum atomic E-state index is 13.0. The van der Waals surface area contributed by atoms with E-state index in [9.17, 15) is 19.5 Å². The Bertz CT molecular complexity index is 783. The van der Waals surface area contributed by atoms with E-state index in [1.165, 1.54) is 16.7 Å². The van der Waals surface area contributed by atoms with Crippen LogP contribution in [-0.4, -0.2) is 56.2 Å². The van der Waals surface area contributed by atoms with E-state index in [4.69, 9.17) is 4.74 Å². The predicted molar refractivity (Wildman–Crippen MR) is 95.6 cm³/mol. The third kappa shape index (κ3) is 2.21. The van der Waals surface area contributed by atoms with Gasteiger partial charge in [-0.1, -0.05) is 18.2 Å². The van der Waals surface area contributed by atoms with Crippen molar-refractivity contribution in [1.82, 2.24) is 4.90 Å². The molecule has 138 valence electrons. The molecule has 3 heterocycles. The minimum absolute atomic E-state index is 0.265. The number of carboxylic acid groups (broad SMARTS) is 1. The summed E-state index contributed by atoms with van der Waals surface area (Å²) < 4.78 is 5.18. The highest BCUT2D eigenvalue weighted by Crippen LogP contribution is 2.60. The van der Waals surface area contributed by atoms with Crippen molar-refractivity contribution >= 4 is 35.2 Å². The van der Waals surface area contributed by atoms with Crippen molar-refractivity contribution in [2.45, 2.75) is 42.0 Å². The number of hydrogen-bond acceptors (Lipinski definition) is 5. The molecule has 2 N–H and O–H groups in total. The van der Waals surface area contributed by atoms with E-state index in [0.717, 1.165) is 0 Å². The molecule has 0 saturated carbocycles. The third-order valence-electron chi connectivity index (χ3n) is 5.40. The minimum Gasteiger partial charge on any atom is -0.480 e. The van der Waals surface area contributed by atoms with Crippen LogP contribution in [0.1, 0.15) is 20.3 Å². The van der Waals surface area contributed by atoms with Crippen molar-refractivity contribution in [3.8, 4) is 0 Å². The first kappa shape index (κ1) is 17.4. The number of carbonyl (C=O) groups is 3. The fraction of sp³-hybridized carbons (Fsp3) is 0.500. The van der Waals surface area contributed by atoms with E-state index in [-0.39, 0.29) is 5.91 Å². The highest BCUT2D eigenvalue weighted by atomic mass is 32.2. The number of benzene rings is 1. The van der Waals surface area contributed by atoms with Crippen LogP contribution in [0.2, 0.25) is 0 Å². The van der Waals surface area contributed by atoms with Crippen molar-refractivity contribution < 1.29 is 24.2 Å². The number of thioether (sulfide) groups is 1. The third-order valence-corrected chi connectivity index (χ3v) is 7.03. The first-order valence-electron chi connectivity index (χ1n) is 8.52. The zero-order valence-electron chi connectivity index (χ0n) is 14.5. The summed E-state index contributed by atoms with van der Waals surface area (Å²) in [6.45, 7) is 3.93. The van der Waals surface area contributed by atoms with Crippen LogP contribution in [0.5, 0.6) is 0 Å². The number of nitrogens with one attached hydrogen (secondary N) is 1. The van der Waals surface area contributed by atoms with Gasteiger partial charge in [0.2, 0.25) is 5.91 Å². The Hall–Kier alpha value is -2.06. The number of anilines is 1. The summed E-state index contributed by atoms with van der Waals surface area (Å²) in [5.74, 6) is -2.32. The van der Waals surface area contributed by atoms with Crippen molar-refractivity contribution in [2.24, 2.45) is 5.92 Å². The number of fused-ring (bicyclic) bond motifs is 2. The second-order valence-electron chi connectivity index (χ2n) is 7.36. The molecule has 2 amide bonds. The first-order chi connectivity index (χ1) is 12.3. The maximum Gasteiger partial charge on any atom is 0.327 e. The SMILES string of the molecule is CC1(C)S[C@H]2N(C(=O)[C@]23OCC[C@H]3C(=O)Nc2ccccc2)[C@H]1C(=O)O. The average Bonchev–Trinajstić information content (AvgIpc) is 3.15. The summed E-state index contributed by atoms with van der Waals surface area (Å²) in [4.78, 5) is 38.9. The zero-order chi connectivity index (χ0) is 18.7. The summed E-state index contributed by atoms with van der Waals surface area (Å²) in [5, 5.41) is 12.0. The van der Waals surface area contributed by atoms with Crippen molar-refractivity contribution in [3.05, 3.63) is 30.3 Å². The van der Waals surface area contributed by atoms with Gasteiger partial charge < -0.3 is 20.1 Å². The highest BCUT2D eigenvalue weighted by Gasteiger charge is 2.76. The molecule has 0 radical (unpaired) electrons. The smallest absolute Gasteiger partial charge is 0.327 e. The number of carbonyl (C=O) groups excluding carboxylic acids is 2. The van der Waals surface area contributed by atoms with Crippen LogP contribution in [0.25, 0.3) is 0 Å². The Kier molecular flexibility index (Phi) is 3.82. The summed E-state index contributed by atoms with van der Waals surface area (Å²) in [7, 11) is 0. The number of rotatable bonds is 3. The molecule has 3 saturated heterocycles. The van der Waals surface area contributed by atoms with E-state index in [0.29, 0.717) is 18.7 Å². The van der Waals surface area contributed by atoms with E-state index >= 15 is 0 Å². The molecule has 1 aromatic rings. The number of β-lactam (4-membered cyclic amide) rings is 1. The quantitative estimate of drug-likeness (QED) is 0.777. The predicted octanol–water partition coefficient (Wildman–Crippen LogP) is 1.55. The largest absolute Gasteiger partial charge is 0.480 e. The molecule has 0 aromatic heterocycles. The second-order valence-corrected chi connectivity index (χ2v) is 9.10. The molecule has 3 aliphatic rings. The van der Waals surface area contributed by atoms with Crippen LogP contribution >= 0.6 is 11.8 Å². The Labute approximate surface area is 155 Å². The van der Waals surface area contributed by atoms with Gasteiger partial charge in [-0.15, -0.1) is 11.8 Å². The van der Waals surface area contributed by atoms with Gasteiger partial charge in [0, 0.05) is 17.0 Å². The lowest BCUT2D eigenvalue weighted by Gasteiger charge is -2.52. The molecular formula is C18H20N2O5S. The summed E-state index contributed by atoms with van der Waals surface area (Å²) in [5.41, 5.74) is -0.601. The molecule has 0 aliphatic carbocycles. The second kappa shape index (κ2) is 5.72. The number of amides is 2. The summed E-state index contributed by atoms with van der Waals surface area (Å²) in [6, 6.07) is 8.13. The highest BCUT2D eigenvalue weighted by molar-refractivity contribution is 8.01. The number of para-hydroxylation sites is 1. The topological polar surface area (TPSA) is 95.9 Å². The van der Waals surface area contributed by atoms with Gasteiger partial charge in [0.15, 0.2) is 5.60 Å². The number of nitrogens with zero attached hydrogens (tertiary/aromatic N) is 1. The summed E-state index contributed by atoms with van der Waals surface area (Å²) in [6.07, 6.45) is 0.438. The Morgan fingerprint density at radius 2 is 2.00 bits per heavy atom. The molecule has 7 nitrogen and oxygen atoms in total. The Morgan fingerprint density at radius 1 is 1.31 bits per heavy atom. The number of aliphatic carboxylic acids is 1. The van der Waals surface area contributed by atoms with Crippen LogP contribution in [0.4, 0.5) is 5.69 Å². The van der Waals surface area contributed by atoms with Gasteiger partial charge in [-0.3, -0.25) is 9.59 Å². The molecule has 4 rings (SSSR count). The van der Waals surface area contributed by atoms with Gasteiger partial charge in [0.25, 0.3) is 5.91 Å². The lowest BCUT2D eigenvalue weighted by Crippen LogP contribution is -2.76.